The summed E-state index contributed by atoms with van der Waals surface area (Å²) < 4.78 is 34.5. The van der Waals surface area contributed by atoms with Gasteiger partial charge in [0.2, 0.25) is 0 Å². The van der Waals surface area contributed by atoms with Gasteiger partial charge in [-0.05, 0) is 95.8 Å². The number of benzene rings is 6. The van der Waals surface area contributed by atoms with Gasteiger partial charge in [0.05, 0.1) is 25.9 Å². The van der Waals surface area contributed by atoms with Crippen LogP contribution in [-0.4, -0.2) is 63.1 Å². The van der Waals surface area contributed by atoms with Crippen molar-refractivity contribution in [2.45, 2.75) is 49.4 Å². The molecule has 292 valence electrons. The van der Waals surface area contributed by atoms with E-state index in [1.54, 1.807) is 0 Å². The first-order valence-electron chi connectivity index (χ1n) is 19.8. The van der Waals surface area contributed by atoms with E-state index in [-0.39, 0.29) is 18.8 Å². The van der Waals surface area contributed by atoms with E-state index in [2.05, 4.69) is 111 Å². The Hall–Kier alpha value is -5.60. The molecule has 5 unspecified atom stereocenters. The molecule has 0 aromatic heterocycles. The second-order valence-electron chi connectivity index (χ2n) is 15.2. The zero-order chi connectivity index (χ0) is 39.1. The Labute approximate surface area is 335 Å². The topological polar surface area (TPSA) is 82.2 Å². The van der Waals surface area contributed by atoms with Crippen molar-refractivity contribution in [1.29, 1.82) is 0 Å². The Morgan fingerprint density at radius 1 is 0.474 bits per heavy atom. The van der Waals surface area contributed by atoms with E-state index in [0.29, 0.717) is 32.0 Å². The summed E-state index contributed by atoms with van der Waals surface area (Å²) in [5, 5.41) is 10.8. The molecular weight excluding hydrogens is 713 g/mol. The number of hydrogen-bond donors (Lipinski definition) is 1. The van der Waals surface area contributed by atoms with Gasteiger partial charge in [0.1, 0.15) is 55.0 Å². The molecule has 8 rings (SSSR count). The van der Waals surface area contributed by atoms with Crippen molar-refractivity contribution in [2.75, 3.05) is 39.6 Å². The van der Waals surface area contributed by atoms with E-state index < -0.39 is 16.9 Å². The number of ether oxygens (including phenoxy) is 6. The van der Waals surface area contributed by atoms with Gasteiger partial charge in [-0.2, -0.15) is 0 Å². The van der Waals surface area contributed by atoms with Crippen molar-refractivity contribution in [3.8, 4) is 23.0 Å². The number of epoxide rings is 2. The van der Waals surface area contributed by atoms with Crippen LogP contribution in [0.4, 0.5) is 0 Å². The van der Waals surface area contributed by atoms with Gasteiger partial charge in [0, 0.05) is 17.3 Å². The number of aliphatic hydroxyl groups is 1. The normalized spacial score (nSPS) is 18.4. The maximum Gasteiger partial charge on any atom is 0.119 e. The van der Waals surface area contributed by atoms with E-state index in [9.17, 15) is 5.11 Å². The lowest BCUT2D eigenvalue weighted by molar-refractivity contribution is 0.0857. The van der Waals surface area contributed by atoms with Crippen molar-refractivity contribution < 1.29 is 33.5 Å². The van der Waals surface area contributed by atoms with Crippen molar-refractivity contribution in [1.82, 2.24) is 0 Å². The summed E-state index contributed by atoms with van der Waals surface area (Å²) >= 11 is 0. The van der Waals surface area contributed by atoms with E-state index in [1.807, 2.05) is 60.7 Å². The molecule has 0 aliphatic carbocycles. The second kappa shape index (κ2) is 17.3. The van der Waals surface area contributed by atoms with Gasteiger partial charge >= 0.3 is 0 Å². The van der Waals surface area contributed by atoms with Crippen LogP contribution in [0.2, 0.25) is 0 Å². The zero-order valence-electron chi connectivity index (χ0n) is 32.6. The molecule has 7 heteroatoms. The highest BCUT2D eigenvalue weighted by Crippen LogP contribution is 2.41. The average Bonchev–Trinajstić information content (AvgIpc) is 4.22. The number of rotatable bonds is 19. The Kier molecular flexibility index (Phi) is 11.6. The first kappa shape index (κ1) is 38.3. The minimum absolute atomic E-state index is 0.165. The molecular formula is C50H50O7. The maximum absolute atomic E-state index is 10.8. The molecule has 57 heavy (non-hydrogen) atoms. The van der Waals surface area contributed by atoms with Crippen LogP contribution in [0.15, 0.2) is 158 Å². The molecule has 0 radical (unpaired) electrons. The molecule has 2 aliphatic heterocycles. The fourth-order valence-electron chi connectivity index (χ4n) is 7.38. The highest BCUT2D eigenvalue weighted by Gasteiger charge is 2.33. The molecule has 2 fully saturated rings. The molecule has 6 aromatic rings. The zero-order valence-corrected chi connectivity index (χ0v) is 32.6. The molecule has 7 nitrogen and oxygen atoms in total. The monoisotopic (exact) mass is 762 g/mol. The lowest BCUT2D eigenvalue weighted by Crippen LogP contribution is -2.25. The molecule has 2 heterocycles. The van der Waals surface area contributed by atoms with Crippen LogP contribution in [0.3, 0.4) is 0 Å². The maximum atomic E-state index is 10.8. The van der Waals surface area contributed by atoms with Crippen LogP contribution in [0.25, 0.3) is 0 Å². The molecule has 5 atom stereocenters. The first-order chi connectivity index (χ1) is 27.9. The van der Waals surface area contributed by atoms with Gasteiger partial charge in [-0.1, -0.05) is 109 Å². The minimum atomic E-state index is -0.684. The lowest BCUT2D eigenvalue weighted by Gasteiger charge is -2.32. The van der Waals surface area contributed by atoms with E-state index in [4.69, 9.17) is 28.4 Å². The Bertz CT molecular complexity index is 2150. The summed E-state index contributed by atoms with van der Waals surface area (Å²) in [4.78, 5) is 0. The summed E-state index contributed by atoms with van der Waals surface area (Å²) in [5.41, 5.74) is 6.18. The van der Waals surface area contributed by atoms with Gasteiger partial charge in [-0.3, -0.25) is 0 Å². The molecule has 0 saturated carbocycles. The van der Waals surface area contributed by atoms with Crippen LogP contribution in [0.5, 0.6) is 23.0 Å². The van der Waals surface area contributed by atoms with Crippen LogP contribution >= 0.6 is 0 Å². The third-order valence-electron chi connectivity index (χ3n) is 11.3. The molecule has 0 bridgehead atoms. The summed E-state index contributed by atoms with van der Waals surface area (Å²) in [7, 11) is 0. The van der Waals surface area contributed by atoms with Gasteiger partial charge in [0.25, 0.3) is 0 Å². The summed E-state index contributed by atoms with van der Waals surface area (Å²) in [6.45, 7) is 7.72. The fourth-order valence-corrected chi connectivity index (χ4v) is 7.38. The Balaban J connectivity index is 0.861. The number of hydrogen-bond acceptors (Lipinski definition) is 7. The second-order valence-corrected chi connectivity index (χ2v) is 15.2. The highest BCUT2D eigenvalue weighted by molar-refractivity contribution is 5.53. The number of aliphatic hydroxyl groups excluding tert-OH is 1. The molecule has 6 aromatic carbocycles. The third kappa shape index (κ3) is 9.18. The first-order valence-corrected chi connectivity index (χ1v) is 19.8. The van der Waals surface area contributed by atoms with Crippen molar-refractivity contribution in [3.63, 3.8) is 0 Å². The highest BCUT2D eigenvalue weighted by atomic mass is 16.6. The molecule has 0 spiro atoms. The van der Waals surface area contributed by atoms with Crippen LogP contribution in [0, 0.1) is 0 Å². The van der Waals surface area contributed by atoms with Crippen molar-refractivity contribution >= 4 is 0 Å². The van der Waals surface area contributed by atoms with Gasteiger partial charge < -0.3 is 33.5 Å². The smallest absolute Gasteiger partial charge is 0.119 e. The Morgan fingerprint density at radius 2 is 0.789 bits per heavy atom. The van der Waals surface area contributed by atoms with E-state index >= 15 is 0 Å². The van der Waals surface area contributed by atoms with Gasteiger partial charge in [0.15, 0.2) is 0 Å². The van der Waals surface area contributed by atoms with Crippen molar-refractivity contribution in [2.24, 2.45) is 0 Å². The molecule has 2 aliphatic rings. The summed E-state index contributed by atoms with van der Waals surface area (Å²) in [5.74, 6) is 3.12. The van der Waals surface area contributed by atoms with Crippen LogP contribution in [0.1, 0.15) is 53.6 Å². The quantitative estimate of drug-likeness (QED) is 0.0651. The van der Waals surface area contributed by atoms with E-state index in [0.717, 1.165) is 52.7 Å². The summed E-state index contributed by atoms with van der Waals surface area (Å²) in [6, 6.07) is 54.2. The predicted octanol–water partition coefficient (Wildman–Crippen LogP) is 9.16. The van der Waals surface area contributed by atoms with Gasteiger partial charge in [-0.25, -0.2) is 0 Å². The van der Waals surface area contributed by atoms with E-state index in [1.165, 1.54) is 11.1 Å². The van der Waals surface area contributed by atoms with Gasteiger partial charge in [-0.15, -0.1) is 0 Å². The largest absolute Gasteiger partial charge is 0.493 e. The molecule has 2 saturated heterocycles. The molecule has 0 amide bonds. The summed E-state index contributed by atoms with van der Waals surface area (Å²) in [6.07, 6.45) is 0.178. The van der Waals surface area contributed by atoms with Crippen LogP contribution < -0.4 is 18.9 Å². The van der Waals surface area contributed by atoms with Crippen LogP contribution in [-0.2, 0) is 20.3 Å². The minimum Gasteiger partial charge on any atom is -0.493 e. The Morgan fingerprint density at radius 3 is 1.14 bits per heavy atom. The lowest BCUT2D eigenvalue weighted by atomic mass is 9.71. The standard InChI is InChI=1S/C50H50O7/c1-49(36-9-5-3-6-10-36,40-17-25-45(26-18-40)54-32-47-34-56-47)38-13-21-43(22-14-38)52-30-29-42(51)31-53-44-23-15-39(16-24-44)50(2,37-11-7-4-8-12-37)41-19-27-46(28-20-41)55-33-48-35-57-48/h3-28,42,47-48,51H,29-35H2,1-2H3. The predicted molar refractivity (Wildman–Crippen MR) is 222 cm³/mol. The average molecular weight is 763 g/mol. The van der Waals surface area contributed by atoms with Crippen molar-refractivity contribution in [3.05, 3.63) is 191 Å². The third-order valence-corrected chi connectivity index (χ3v) is 11.3. The SMILES string of the molecule is CC(c1ccccc1)(c1ccc(OCCC(O)COc2ccc(C(C)(c3ccccc3)c3ccc(OCC4CO4)cc3)cc2)cc1)c1ccc(OCC2CO2)cc1. The fraction of sp³-hybridized carbons (Fsp3) is 0.280. The molecule has 1 N–H and O–H groups in total.